The molecule has 41 heavy (non-hydrogen) atoms. The highest BCUT2D eigenvalue weighted by molar-refractivity contribution is 8.00. The SMILES string of the molecule is CN(C)C(=O)c1ccc(CC2(SCCCC(=O)O)Cc3ccc(OCc4ccc5ccc(Cl)cc5n4)cc3C2)cc1. The lowest BCUT2D eigenvalue weighted by Crippen LogP contribution is -2.29. The summed E-state index contributed by atoms with van der Waals surface area (Å²) in [6, 6.07) is 23.8. The van der Waals surface area contributed by atoms with Crippen LogP contribution >= 0.6 is 23.4 Å². The Morgan fingerprint density at radius 3 is 2.51 bits per heavy atom. The van der Waals surface area contributed by atoms with Crippen molar-refractivity contribution in [1.82, 2.24) is 9.88 Å². The number of hydrogen-bond acceptors (Lipinski definition) is 5. The van der Waals surface area contributed by atoms with E-state index < -0.39 is 5.97 Å². The fraction of sp³-hybridized carbons (Fsp3) is 0.303. The molecule has 1 atom stereocenters. The van der Waals surface area contributed by atoms with Gasteiger partial charge in [-0.15, -0.1) is 0 Å². The van der Waals surface area contributed by atoms with E-state index in [0.717, 1.165) is 52.9 Å². The van der Waals surface area contributed by atoms with Crippen LogP contribution in [0, 0.1) is 0 Å². The molecule has 1 aliphatic rings. The number of carboxylic acids is 1. The summed E-state index contributed by atoms with van der Waals surface area (Å²) in [5.41, 5.74) is 6.06. The van der Waals surface area contributed by atoms with E-state index in [-0.39, 0.29) is 17.1 Å². The Hall–Kier alpha value is -3.55. The number of aromatic nitrogens is 1. The number of carboxylic acid groups (broad SMARTS) is 1. The number of carbonyl (C=O) groups excluding carboxylic acids is 1. The second kappa shape index (κ2) is 12.5. The van der Waals surface area contributed by atoms with E-state index in [1.165, 1.54) is 11.1 Å². The molecule has 1 unspecified atom stereocenters. The molecule has 212 valence electrons. The number of hydrogen-bond donors (Lipinski definition) is 1. The van der Waals surface area contributed by atoms with Crippen molar-refractivity contribution in [3.63, 3.8) is 0 Å². The Morgan fingerprint density at radius 2 is 1.76 bits per heavy atom. The smallest absolute Gasteiger partial charge is 0.303 e. The Bertz CT molecular complexity index is 1570. The molecule has 0 fully saturated rings. The van der Waals surface area contributed by atoms with E-state index in [1.54, 1.807) is 19.0 Å². The van der Waals surface area contributed by atoms with Crippen molar-refractivity contribution in [2.45, 2.75) is 43.5 Å². The molecule has 0 saturated carbocycles. The van der Waals surface area contributed by atoms with E-state index in [4.69, 9.17) is 26.4 Å². The molecule has 0 bridgehead atoms. The standard InChI is InChI=1S/C33H33ClN2O4S/c1-36(2)32(39)24-7-5-22(6-8-24)18-33(41-15-3-4-31(37)38)19-25-11-14-29(16-26(25)20-33)40-21-28-13-10-23-9-12-27(34)17-30(23)35-28/h5-14,16-17H,3-4,15,18-21H2,1-2H3,(H,37,38). The Balaban J connectivity index is 1.30. The number of rotatable bonds is 11. The third-order valence-electron chi connectivity index (χ3n) is 7.38. The van der Waals surface area contributed by atoms with Crippen molar-refractivity contribution in [1.29, 1.82) is 0 Å². The topological polar surface area (TPSA) is 79.7 Å². The van der Waals surface area contributed by atoms with Gasteiger partial charge in [0.25, 0.3) is 5.91 Å². The first kappa shape index (κ1) is 29.0. The normalized spacial score (nSPS) is 16.0. The Kier molecular flexibility index (Phi) is 8.85. The number of fused-ring (bicyclic) bond motifs is 2. The Labute approximate surface area is 249 Å². The quantitative estimate of drug-likeness (QED) is 0.193. The van der Waals surface area contributed by atoms with Crippen LogP contribution in [-0.2, 0) is 30.7 Å². The number of nitrogens with zero attached hydrogens (tertiary/aromatic N) is 2. The predicted molar refractivity (Wildman–Crippen MR) is 165 cm³/mol. The van der Waals surface area contributed by atoms with Crippen molar-refractivity contribution in [2.24, 2.45) is 0 Å². The van der Waals surface area contributed by atoms with Crippen LogP contribution < -0.4 is 4.74 Å². The Morgan fingerprint density at radius 1 is 1.00 bits per heavy atom. The first-order chi connectivity index (χ1) is 19.7. The molecule has 0 aliphatic heterocycles. The minimum atomic E-state index is -0.763. The molecule has 6 nitrogen and oxygen atoms in total. The first-order valence-corrected chi connectivity index (χ1v) is 15.0. The zero-order chi connectivity index (χ0) is 29.0. The second-order valence-electron chi connectivity index (χ2n) is 10.8. The number of ether oxygens (including phenoxy) is 1. The van der Waals surface area contributed by atoms with Gasteiger partial charge in [0.15, 0.2) is 0 Å². The molecule has 0 radical (unpaired) electrons. The molecule has 1 aromatic heterocycles. The summed E-state index contributed by atoms with van der Waals surface area (Å²) < 4.78 is 6.07. The van der Waals surface area contributed by atoms with Crippen molar-refractivity contribution in [2.75, 3.05) is 19.8 Å². The zero-order valence-electron chi connectivity index (χ0n) is 23.2. The minimum Gasteiger partial charge on any atom is -0.487 e. The van der Waals surface area contributed by atoms with Crippen LogP contribution in [-0.4, -0.2) is 51.5 Å². The van der Waals surface area contributed by atoms with Crippen molar-refractivity contribution >= 4 is 46.1 Å². The lowest BCUT2D eigenvalue weighted by Gasteiger charge is -2.29. The van der Waals surface area contributed by atoms with E-state index in [9.17, 15) is 9.59 Å². The second-order valence-corrected chi connectivity index (χ2v) is 12.8. The molecule has 5 rings (SSSR count). The molecular weight excluding hydrogens is 556 g/mol. The number of aliphatic carboxylic acids is 1. The van der Waals surface area contributed by atoms with Gasteiger partial charge in [-0.2, -0.15) is 11.8 Å². The molecular formula is C33H33ClN2O4S. The van der Waals surface area contributed by atoms with Gasteiger partial charge in [-0.3, -0.25) is 9.59 Å². The predicted octanol–water partition coefficient (Wildman–Crippen LogP) is 6.85. The van der Waals surface area contributed by atoms with Gasteiger partial charge in [0.1, 0.15) is 12.4 Å². The molecule has 1 heterocycles. The van der Waals surface area contributed by atoms with Crippen LogP contribution in [0.1, 0.15) is 45.6 Å². The van der Waals surface area contributed by atoms with E-state index in [1.807, 2.05) is 72.4 Å². The van der Waals surface area contributed by atoms with Crippen LogP contribution in [0.5, 0.6) is 5.75 Å². The van der Waals surface area contributed by atoms with Crippen molar-refractivity contribution < 1.29 is 19.4 Å². The summed E-state index contributed by atoms with van der Waals surface area (Å²) in [6.45, 7) is 0.355. The van der Waals surface area contributed by atoms with Crippen molar-refractivity contribution in [3.8, 4) is 5.75 Å². The van der Waals surface area contributed by atoms with Gasteiger partial charge in [0.05, 0.1) is 11.2 Å². The molecule has 1 aliphatic carbocycles. The van der Waals surface area contributed by atoms with Gasteiger partial charge >= 0.3 is 5.97 Å². The maximum absolute atomic E-state index is 12.3. The molecule has 0 spiro atoms. The van der Waals surface area contributed by atoms with E-state index >= 15 is 0 Å². The summed E-state index contributed by atoms with van der Waals surface area (Å²) in [7, 11) is 3.50. The third-order valence-corrected chi connectivity index (χ3v) is 9.15. The van der Waals surface area contributed by atoms with Crippen LogP contribution in [0.4, 0.5) is 0 Å². The molecule has 0 saturated heterocycles. The number of benzene rings is 3. The number of thioether (sulfide) groups is 1. The summed E-state index contributed by atoms with van der Waals surface area (Å²) in [5, 5.41) is 10.8. The van der Waals surface area contributed by atoms with Gasteiger partial charge in [-0.25, -0.2) is 4.98 Å². The highest BCUT2D eigenvalue weighted by Gasteiger charge is 2.38. The van der Waals surface area contributed by atoms with Gasteiger partial charge < -0.3 is 14.7 Å². The highest BCUT2D eigenvalue weighted by Crippen LogP contribution is 2.44. The van der Waals surface area contributed by atoms with Gasteiger partial charge in [-0.05, 0) is 90.6 Å². The van der Waals surface area contributed by atoms with E-state index in [0.29, 0.717) is 23.6 Å². The van der Waals surface area contributed by atoms with Crippen LogP contribution in [0.2, 0.25) is 5.02 Å². The minimum absolute atomic E-state index is 0.0159. The summed E-state index contributed by atoms with van der Waals surface area (Å²) in [4.78, 5) is 29.7. The average Bonchev–Trinajstić information content (AvgIpc) is 3.31. The molecule has 3 aromatic carbocycles. The van der Waals surface area contributed by atoms with Crippen LogP contribution in [0.15, 0.2) is 72.8 Å². The molecule has 4 aromatic rings. The van der Waals surface area contributed by atoms with Gasteiger partial charge in [0, 0.05) is 41.2 Å². The number of carbonyl (C=O) groups is 2. The lowest BCUT2D eigenvalue weighted by atomic mass is 9.94. The van der Waals surface area contributed by atoms with Gasteiger partial charge in [0.2, 0.25) is 0 Å². The molecule has 1 amide bonds. The number of halogens is 1. The molecule has 8 heteroatoms. The fourth-order valence-corrected chi connectivity index (χ4v) is 7.01. The lowest BCUT2D eigenvalue weighted by molar-refractivity contribution is -0.137. The third kappa shape index (κ3) is 7.21. The highest BCUT2D eigenvalue weighted by atomic mass is 35.5. The fourth-order valence-electron chi connectivity index (χ4n) is 5.34. The monoisotopic (exact) mass is 588 g/mol. The average molecular weight is 589 g/mol. The van der Waals surface area contributed by atoms with Crippen LogP contribution in [0.3, 0.4) is 0 Å². The first-order valence-electron chi connectivity index (χ1n) is 13.7. The van der Waals surface area contributed by atoms with Crippen molar-refractivity contribution in [3.05, 3.63) is 106 Å². The maximum Gasteiger partial charge on any atom is 0.303 e. The maximum atomic E-state index is 12.3. The van der Waals surface area contributed by atoms with Gasteiger partial charge in [-0.1, -0.05) is 41.9 Å². The zero-order valence-corrected chi connectivity index (χ0v) is 24.8. The summed E-state index contributed by atoms with van der Waals surface area (Å²) in [5.74, 6) is 0.799. The molecule has 1 N–H and O–H groups in total. The largest absolute Gasteiger partial charge is 0.487 e. The number of pyridine rings is 1. The van der Waals surface area contributed by atoms with E-state index in [2.05, 4.69) is 12.1 Å². The summed E-state index contributed by atoms with van der Waals surface area (Å²) >= 11 is 8.00. The number of amides is 1. The summed E-state index contributed by atoms with van der Waals surface area (Å²) in [6.07, 6.45) is 3.39. The van der Waals surface area contributed by atoms with Crippen LogP contribution in [0.25, 0.3) is 10.9 Å².